The average molecular weight is 309 g/mol. The molecule has 0 aliphatic heterocycles. The van der Waals surface area contributed by atoms with Crippen molar-refractivity contribution in [2.24, 2.45) is 0 Å². The lowest BCUT2D eigenvalue weighted by atomic mass is 10.2. The number of aromatic nitrogens is 1. The molecule has 0 radical (unpaired) electrons. The third-order valence-electron chi connectivity index (χ3n) is 2.73. The van der Waals surface area contributed by atoms with Gasteiger partial charge in [0.25, 0.3) is 5.91 Å². The first-order valence-corrected chi connectivity index (χ1v) is 6.23. The number of rotatable bonds is 3. The van der Waals surface area contributed by atoms with Crippen LogP contribution in [0.2, 0.25) is 5.02 Å². The Morgan fingerprint density at radius 2 is 2.00 bits per heavy atom. The van der Waals surface area contributed by atoms with Gasteiger partial charge in [-0.3, -0.25) is 4.79 Å². The molecule has 0 unspecified atom stereocenters. The van der Waals surface area contributed by atoms with Gasteiger partial charge in [-0.05, 0) is 37.3 Å². The molecule has 7 heteroatoms. The van der Waals surface area contributed by atoms with Crippen LogP contribution in [0, 0.1) is 12.7 Å². The zero-order valence-corrected chi connectivity index (χ0v) is 11.6. The molecule has 108 valence electrons. The van der Waals surface area contributed by atoms with Crippen LogP contribution < -0.4 is 5.32 Å². The van der Waals surface area contributed by atoms with Crippen LogP contribution in [-0.4, -0.2) is 22.0 Å². The van der Waals surface area contributed by atoms with Crippen LogP contribution in [0.15, 0.2) is 30.3 Å². The third kappa shape index (κ3) is 3.35. The van der Waals surface area contributed by atoms with Gasteiger partial charge in [-0.25, -0.2) is 14.2 Å². The highest BCUT2D eigenvalue weighted by molar-refractivity contribution is 6.31. The lowest BCUT2D eigenvalue weighted by Gasteiger charge is -2.07. The Hall–Kier alpha value is -2.47. The molecule has 1 heterocycles. The summed E-state index contributed by atoms with van der Waals surface area (Å²) in [5, 5.41) is 11.5. The Kier molecular flexibility index (Phi) is 4.18. The summed E-state index contributed by atoms with van der Waals surface area (Å²) in [6.07, 6.45) is 0. The first-order valence-electron chi connectivity index (χ1n) is 5.86. The van der Waals surface area contributed by atoms with Crippen molar-refractivity contribution in [2.45, 2.75) is 6.92 Å². The van der Waals surface area contributed by atoms with E-state index in [2.05, 4.69) is 10.3 Å². The van der Waals surface area contributed by atoms with Crippen LogP contribution in [0.25, 0.3) is 0 Å². The summed E-state index contributed by atoms with van der Waals surface area (Å²) in [4.78, 5) is 26.7. The molecule has 2 aromatic rings. The molecule has 0 saturated carbocycles. The van der Waals surface area contributed by atoms with Gasteiger partial charge >= 0.3 is 5.97 Å². The van der Waals surface area contributed by atoms with Crippen molar-refractivity contribution < 1.29 is 19.1 Å². The van der Waals surface area contributed by atoms with E-state index < -0.39 is 17.7 Å². The van der Waals surface area contributed by atoms with Gasteiger partial charge in [0.2, 0.25) is 0 Å². The molecule has 0 spiro atoms. The van der Waals surface area contributed by atoms with Crippen molar-refractivity contribution >= 4 is 29.2 Å². The van der Waals surface area contributed by atoms with E-state index in [0.29, 0.717) is 0 Å². The van der Waals surface area contributed by atoms with E-state index in [0.717, 1.165) is 6.07 Å². The SMILES string of the molecule is Cc1nc(C(=O)Nc2cc(Cl)ccc2F)ccc1C(=O)O. The zero-order valence-electron chi connectivity index (χ0n) is 10.9. The number of aryl methyl sites for hydroxylation is 1. The lowest BCUT2D eigenvalue weighted by Crippen LogP contribution is -2.16. The molecule has 2 N–H and O–H groups in total. The first-order chi connectivity index (χ1) is 9.88. The molecule has 1 aromatic carbocycles. The van der Waals surface area contributed by atoms with E-state index in [9.17, 15) is 14.0 Å². The monoisotopic (exact) mass is 308 g/mol. The van der Waals surface area contributed by atoms with Gasteiger partial charge < -0.3 is 10.4 Å². The molecule has 1 amide bonds. The fourth-order valence-corrected chi connectivity index (χ4v) is 1.87. The fourth-order valence-electron chi connectivity index (χ4n) is 1.69. The maximum Gasteiger partial charge on any atom is 0.337 e. The van der Waals surface area contributed by atoms with Gasteiger partial charge in [0, 0.05) is 5.02 Å². The van der Waals surface area contributed by atoms with Crippen molar-refractivity contribution in [3.8, 4) is 0 Å². The smallest absolute Gasteiger partial charge is 0.337 e. The lowest BCUT2D eigenvalue weighted by molar-refractivity contribution is 0.0695. The number of benzene rings is 1. The van der Waals surface area contributed by atoms with Crippen molar-refractivity contribution in [2.75, 3.05) is 5.32 Å². The summed E-state index contributed by atoms with van der Waals surface area (Å²) in [7, 11) is 0. The number of carboxylic acid groups (broad SMARTS) is 1. The zero-order chi connectivity index (χ0) is 15.6. The summed E-state index contributed by atoms with van der Waals surface area (Å²) in [5.74, 6) is -2.42. The number of anilines is 1. The molecule has 0 bridgehead atoms. The Bertz CT molecular complexity index is 734. The van der Waals surface area contributed by atoms with E-state index in [4.69, 9.17) is 16.7 Å². The van der Waals surface area contributed by atoms with Gasteiger partial charge in [-0.2, -0.15) is 0 Å². The molecule has 2 rings (SSSR count). The molecule has 1 aromatic heterocycles. The van der Waals surface area contributed by atoms with Crippen molar-refractivity contribution in [3.63, 3.8) is 0 Å². The van der Waals surface area contributed by atoms with E-state index >= 15 is 0 Å². The average Bonchev–Trinajstić information content (AvgIpc) is 2.42. The van der Waals surface area contributed by atoms with Crippen LogP contribution in [0.3, 0.4) is 0 Å². The van der Waals surface area contributed by atoms with Gasteiger partial charge in [-0.1, -0.05) is 11.6 Å². The second-order valence-corrected chi connectivity index (χ2v) is 4.65. The quantitative estimate of drug-likeness (QED) is 0.913. The molecule has 0 atom stereocenters. The number of carbonyl (C=O) groups is 2. The summed E-state index contributed by atoms with van der Waals surface area (Å²) >= 11 is 5.73. The number of pyridine rings is 1. The van der Waals surface area contributed by atoms with Crippen LogP contribution in [0.4, 0.5) is 10.1 Å². The van der Waals surface area contributed by atoms with Crippen LogP contribution in [-0.2, 0) is 0 Å². The minimum atomic E-state index is -1.13. The Morgan fingerprint density at radius 1 is 1.29 bits per heavy atom. The van der Waals surface area contributed by atoms with Gasteiger partial charge in [0.1, 0.15) is 11.5 Å². The number of carbonyl (C=O) groups excluding carboxylic acids is 1. The molecule has 5 nitrogen and oxygen atoms in total. The summed E-state index contributed by atoms with van der Waals surface area (Å²) < 4.78 is 13.5. The number of carboxylic acids is 1. The number of nitrogens with zero attached hydrogens (tertiary/aromatic N) is 1. The number of hydrogen-bond donors (Lipinski definition) is 2. The van der Waals surface area contributed by atoms with E-state index in [-0.39, 0.29) is 27.7 Å². The van der Waals surface area contributed by atoms with Crippen LogP contribution >= 0.6 is 11.6 Å². The summed E-state index contributed by atoms with van der Waals surface area (Å²) in [6.45, 7) is 1.47. The number of halogens is 2. The molecule has 0 aliphatic carbocycles. The third-order valence-corrected chi connectivity index (χ3v) is 2.96. The molecule has 0 saturated heterocycles. The minimum Gasteiger partial charge on any atom is -0.478 e. The van der Waals surface area contributed by atoms with Crippen molar-refractivity contribution in [1.82, 2.24) is 4.98 Å². The Morgan fingerprint density at radius 3 is 2.62 bits per heavy atom. The summed E-state index contributed by atoms with van der Waals surface area (Å²) in [5.41, 5.74) is 0.105. The van der Waals surface area contributed by atoms with Crippen molar-refractivity contribution in [1.29, 1.82) is 0 Å². The first kappa shape index (κ1) is 14.9. The number of hydrogen-bond acceptors (Lipinski definition) is 3. The van der Waals surface area contributed by atoms with Gasteiger partial charge in [-0.15, -0.1) is 0 Å². The van der Waals surface area contributed by atoms with Gasteiger partial charge in [0.05, 0.1) is 16.9 Å². The molecular weight excluding hydrogens is 299 g/mol. The fraction of sp³-hybridized carbons (Fsp3) is 0.0714. The molecule has 0 aliphatic rings. The Labute approximate surface area is 124 Å². The van der Waals surface area contributed by atoms with E-state index in [1.54, 1.807) is 0 Å². The highest BCUT2D eigenvalue weighted by atomic mass is 35.5. The topological polar surface area (TPSA) is 79.3 Å². The number of nitrogens with one attached hydrogen (secondary N) is 1. The molecular formula is C14H10ClFN2O3. The van der Waals surface area contributed by atoms with Crippen molar-refractivity contribution in [3.05, 3.63) is 58.1 Å². The number of amides is 1. The highest BCUT2D eigenvalue weighted by Crippen LogP contribution is 2.20. The van der Waals surface area contributed by atoms with E-state index in [1.807, 2.05) is 0 Å². The maximum atomic E-state index is 13.5. The van der Waals surface area contributed by atoms with E-state index in [1.165, 1.54) is 31.2 Å². The van der Waals surface area contributed by atoms with Gasteiger partial charge in [0.15, 0.2) is 0 Å². The second kappa shape index (κ2) is 5.88. The van der Waals surface area contributed by atoms with Crippen LogP contribution in [0.1, 0.15) is 26.5 Å². The molecule has 21 heavy (non-hydrogen) atoms. The predicted molar refractivity (Wildman–Crippen MR) is 75.3 cm³/mol. The second-order valence-electron chi connectivity index (χ2n) is 4.21. The Balaban J connectivity index is 2.26. The largest absolute Gasteiger partial charge is 0.478 e. The number of aromatic carboxylic acids is 1. The van der Waals surface area contributed by atoms with Crippen LogP contribution in [0.5, 0.6) is 0 Å². The predicted octanol–water partition coefficient (Wildman–Crippen LogP) is 3.13. The standard InChI is InChI=1S/C14H10ClFN2O3/c1-7-9(14(20)21)3-5-11(17-7)13(19)18-12-6-8(15)2-4-10(12)16/h2-6H,1H3,(H,18,19)(H,20,21). The normalized spacial score (nSPS) is 10.2. The summed E-state index contributed by atoms with van der Waals surface area (Å²) in [6, 6.07) is 6.29. The maximum absolute atomic E-state index is 13.5. The highest BCUT2D eigenvalue weighted by Gasteiger charge is 2.14. The minimum absolute atomic E-state index is 0.000450. The molecule has 0 fully saturated rings.